The molecule has 15 heteroatoms. The van der Waals surface area contributed by atoms with E-state index in [1.807, 2.05) is 60.4 Å². The van der Waals surface area contributed by atoms with Gasteiger partial charge in [0.2, 0.25) is 0 Å². The third kappa shape index (κ3) is 15.0. The minimum Gasteiger partial charge on any atom is -0.488 e. The van der Waals surface area contributed by atoms with Crippen LogP contribution in [-0.2, 0) is 14.3 Å². The molecule has 2 saturated carbocycles. The van der Waals surface area contributed by atoms with E-state index >= 15 is 0 Å². The summed E-state index contributed by atoms with van der Waals surface area (Å²) in [5.41, 5.74) is 4.86. The third-order valence-corrected chi connectivity index (χ3v) is 17.3. The summed E-state index contributed by atoms with van der Waals surface area (Å²) in [5, 5.41) is 25.5. The number of carboxylic acids is 1. The van der Waals surface area contributed by atoms with Crippen molar-refractivity contribution in [3.8, 4) is 0 Å². The summed E-state index contributed by atoms with van der Waals surface area (Å²) in [6.07, 6.45) is 41.0. The number of piperidine rings is 4. The summed E-state index contributed by atoms with van der Waals surface area (Å²) >= 11 is 0. The zero-order valence-corrected chi connectivity index (χ0v) is 47.1. The molecule has 4 bridgehead atoms. The number of para-hydroxylation sites is 2. The number of aliphatic carboxylic acids is 1. The second-order valence-corrected chi connectivity index (χ2v) is 21.9. The molecule has 4 aliphatic heterocycles. The predicted molar refractivity (Wildman–Crippen MR) is 288 cm³/mol. The summed E-state index contributed by atoms with van der Waals surface area (Å²) in [4.78, 5) is 54.5. The van der Waals surface area contributed by atoms with Crippen molar-refractivity contribution >= 4 is 45.3 Å². The molecule has 10 rings (SSSR count). The maximum Gasteiger partial charge on any atom is 1.00 e. The fraction of sp³-hybridized carbons (Fsp3) is 0.661. The van der Waals surface area contributed by atoms with E-state index in [1.165, 1.54) is 161 Å². The second-order valence-electron chi connectivity index (χ2n) is 21.9. The molecule has 0 radical (unpaired) electrons. The van der Waals surface area contributed by atoms with E-state index in [0.29, 0.717) is 47.4 Å². The summed E-state index contributed by atoms with van der Waals surface area (Å²) in [6.45, 7) is 1.93. The molecule has 2 aromatic carbocycles. The first-order valence-corrected chi connectivity index (χ1v) is 28.4. The first-order valence-electron chi connectivity index (χ1n) is 28.4. The van der Waals surface area contributed by atoms with Crippen molar-refractivity contribution in [3.63, 3.8) is 0 Å². The molecule has 5 N–H and O–H groups in total. The minimum absolute atomic E-state index is 0. The molecular formula is C59H87N6NaO8. The number of Topliss-reactive ketones (excluding diaryl/α,β-unsaturated/α-hetero) is 2. The van der Waals surface area contributed by atoms with Gasteiger partial charge in [-0.05, 0) is 96.1 Å². The summed E-state index contributed by atoms with van der Waals surface area (Å²) in [5.74, 6) is 0.520. The van der Waals surface area contributed by atoms with Crippen LogP contribution in [0.25, 0.3) is 27.4 Å². The molecule has 402 valence electrons. The average molecular weight is 1030 g/mol. The van der Waals surface area contributed by atoms with Crippen LogP contribution >= 0.6 is 0 Å². The number of rotatable bonds is 8. The van der Waals surface area contributed by atoms with Gasteiger partial charge in [-0.15, -0.1) is 0 Å². The third-order valence-electron chi connectivity index (χ3n) is 17.3. The van der Waals surface area contributed by atoms with Gasteiger partial charge < -0.3 is 40.7 Å². The molecule has 6 aliphatic rings. The quantitative estimate of drug-likeness (QED) is 0.0328. The van der Waals surface area contributed by atoms with Crippen LogP contribution in [0.3, 0.4) is 0 Å². The van der Waals surface area contributed by atoms with Crippen molar-refractivity contribution in [1.29, 1.82) is 0 Å². The van der Waals surface area contributed by atoms with Crippen molar-refractivity contribution in [2.75, 3.05) is 13.7 Å². The molecule has 6 heterocycles. The van der Waals surface area contributed by atoms with Crippen LogP contribution in [0.1, 0.15) is 220 Å². The number of carboxylic acid groups (broad SMARTS) is 1. The summed E-state index contributed by atoms with van der Waals surface area (Å²) < 4.78 is 9.29. The van der Waals surface area contributed by atoms with Gasteiger partial charge >= 0.3 is 41.5 Å². The number of esters is 1. The van der Waals surface area contributed by atoms with E-state index in [9.17, 15) is 24.3 Å². The second kappa shape index (κ2) is 30.5. The van der Waals surface area contributed by atoms with E-state index in [2.05, 4.69) is 30.8 Å². The minimum atomic E-state index is -1.37. The zero-order chi connectivity index (χ0) is 51.7. The number of hydrogen-bond acceptors (Lipinski definition) is 10. The van der Waals surface area contributed by atoms with Crippen molar-refractivity contribution in [2.24, 2.45) is 5.84 Å². The molecule has 6 fully saturated rings. The molecular weight excluding hydrogens is 944 g/mol. The number of nitrogens with two attached hydrogens (primary N) is 1. The Bertz CT molecular complexity index is 2340. The first-order chi connectivity index (χ1) is 35.6. The number of ether oxygens (including phenoxy) is 1. The van der Waals surface area contributed by atoms with E-state index in [4.69, 9.17) is 15.1 Å². The van der Waals surface area contributed by atoms with E-state index in [1.54, 1.807) is 6.92 Å². The van der Waals surface area contributed by atoms with E-state index in [0.717, 1.165) is 59.6 Å². The molecule has 2 unspecified atom stereocenters. The van der Waals surface area contributed by atoms with E-state index in [-0.39, 0.29) is 36.2 Å². The van der Waals surface area contributed by atoms with Crippen molar-refractivity contribution in [2.45, 2.75) is 235 Å². The molecule has 74 heavy (non-hydrogen) atoms. The molecule has 0 amide bonds. The molecule has 2 aliphatic carbocycles. The Balaban J connectivity index is 0.000000215. The standard InChI is InChI=1S/C29H40N2O3.C28H38N2O3.C2H6O.H3N2O.Na/c1-34-29(33)28(32)26-20-30(27-17-10-9-16-25(26)27)24-18-22-14-11-15-23(19-24)31(22)21-12-7-5-3-2-4-6-8-13-21;31-27(28(32)33)25-19-29(26-16-9-8-15-24(25)26)23-17-21-13-10-14-22(18-23)30(21)20-11-6-4-2-1-3-5-7-12-20;2*1-2-3;/h9-10,16-17,20-24H,2-8,11-15,18-19H2,1H3;8-9,15-16,19-23H,1-7,10-14,17-18H2,(H,32,33);3H,2H2,1H3;3H,1H2;/q;;;-1;+1/t22-,23+,24?;21-,22+,23?;;;. The summed E-state index contributed by atoms with van der Waals surface area (Å²) in [6, 6.07) is 20.5. The normalized spacial score (nSPS) is 25.5. The van der Waals surface area contributed by atoms with Gasteiger partial charge in [0, 0.05) is 89.1 Å². The molecule has 4 saturated heterocycles. The Morgan fingerprint density at radius 1 is 0.527 bits per heavy atom. The van der Waals surface area contributed by atoms with Crippen LogP contribution in [0.5, 0.6) is 0 Å². The van der Waals surface area contributed by atoms with Gasteiger partial charge in [0.25, 0.3) is 11.6 Å². The number of ketones is 2. The monoisotopic (exact) mass is 1030 g/mol. The topological polar surface area (TPSA) is 195 Å². The smallest absolute Gasteiger partial charge is 0.488 e. The number of carbonyl (C=O) groups is 4. The number of carbonyl (C=O) groups excluding carboxylic acids is 3. The average Bonchev–Trinajstić information content (AvgIpc) is 3.98. The van der Waals surface area contributed by atoms with Crippen LogP contribution in [0, 0.1) is 0 Å². The number of aliphatic hydroxyl groups is 1. The van der Waals surface area contributed by atoms with Crippen LogP contribution in [0.2, 0.25) is 0 Å². The van der Waals surface area contributed by atoms with Crippen molar-refractivity contribution in [1.82, 2.24) is 18.9 Å². The van der Waals surface area contributed by atoms with Crippen LogP contribution in [-0.4, -0.2) is 108 Å². The van der Waals surface area contributed by atoms with Gasteiger partial charge in [0.05, 0.1) is 18.2 Å². The van der Waals surface area contributed by atoms with Gasteiger partial charge in [0.15, 0.2) is 0 Å². The molecule has 14 nitrogen and oxygen atoms in total. The van der Waals surface area contributed by atoms with Crippen molar-refractivity contribution in [3.05, 3.63) is 77.6 Å². The number of aliphatic hydroxyl groups excluding tert-OH is 1. The molecule has 6 atom stereocenters. The number of nitrogens with zero attached hydrogens (tertiary/aromatic N) is 5. The maximum absolute atomic E-state index is 12.8. The Morgan fingerprint density at radius 3 is 1.15 bits per heavy atom. The SMILES string of the molecule is CCO.COC(=O)C(=O)c1cn(C2C[C@H]3CCC[C@@H](C2)N3C2CCCCCCCCC2)c2ccccc12.N[N-]O.O=C(O)C(=O)c1cn(C2C[C@H]3CCC[C@@H](C2)N3C2CCCCCCCCC2)c2ccccc12.[Na+]. The zero-order valence-electron chi connectivity index (χ0n) is 45.1. The first kappa shape index (κ1) is 59.8. The molecule has 4 aromatic rings. The largest absolute Gasteiger partial charge is 1.00 e. The Labute approximate surface area is 462 Å². The number of fused-ring (bicyclic) bond motifs is 6. The Morgan fingerprint density at radius 2 is 0.824 bits per heavy atom. The molecule has 0 spiro atoms. The van der Waals surface area contributed by atoms with E-state index < -0.39 is 23.5 Å². The number of hydrogen-bond donors (Lipinski definition) is 4. The van der Waals surface area contributed by atoms with Gasteiger partial charge in [-0.1, -0.05) is 139 Å². The number of aromatic nitrogens is 2. The fourth-order valence-electron chi connectivity index (χ4n) is 14.3. The van der Waals surface area contributed by atoms with Crippen LogP contribution in [0.4, 0.5) is 0 Å². The van der Waals surface area contributed by atoms with Crippen LogP contribution < -0.4 is 35.4 Å². The van der Waals surface area contributed by atoms with Gasteiger partial charge in [-0.3, -0.25) is 19.4 Å². The Hall–Kier alpha value is -3.44. The number of benzene rings is 2. The Kier molecular flexibility index (Phi) is 24.6. The van der Waals surface area contributed by atoms with Crippen molar-refractivity contribution < 1.29 is 68.9 Å². The fourth-order valence-corrected chi connectivity index (χ4v) is 14.3. The number of methoxy groups -OCH3 is 1. The summed E-state index contributed by atoms with van der Waals surface area (Å²) in [7, 11) is 1.27. The predicted octanol–water partition coefficient (Wildman–Crippen LogP) is 9.43. The van der Waals surface area contributed by atoms with Gasteiger partial charge in [-0.25, -0.2) is 9.59 Å². The van der Waals surface area contributed by atoms with Crippen LogP contribution in [0.15, 0.2) is 60.9 Å². The van der Waals surface area contributed by atoms with Gasteiger partial charge in [-0.2, -0.15) is 0 Å². The molecule has 2 aromatic heterocycles. The van der Waals surface area contributed by atoms with Gasteiger partial charge in [0.1, 0.15) is 0 Å². The maximum atomic E-state index is 12.8.